The van der Waals surface area contributed by atoms with Crippen LogP contribution in [0.1, 0.15) is 95.2 Å². The minimum atomic E-state index is -0.729. The fourth-order valence-electron chi connectivity index (χ4n) is 6.65. The van der Waals surface area contributed by atoms with Crippen LogP contribution in [0.4, 0.5) is 4.39 Å². The molecule has 0 saturated heterocycles. The lowest BCUT2D eigenvalue weighted by molar-refractivity contribution is -0.139. The maximum atomic E-state index is 16.1. The quantitative estimate of drug-likeness (QED) is 0.0721. The third-order valence-electron chi connectivity index (χ3n) is 10.3. The molecule has 53 heavy (non-hydrogen) atoms. The molecule has 0 aromatic heterocycles. The summed E-state index contributed by atoms with van der Waals surface area (Å²) in [6.45, 7) is 14.7. The second-order valence-electron chi connectivity index (χ2n) is 15.2. The zero-order valence-electron chi connectivity index (χ0n) is 32.0. The average Bonchev–Trinajstić information content (AvgIpc) is 3.15. The van der Waals surface area contributed by atoms with Crippen molar-refractivity contribution in [2.45, 2.75) is 91.4 Å². The topological polar surface area (TPSA) is 102 Å². The monoisotopic (exact) mass is 728 g/mol. The van der Waals surface area contributed by atoms with Gasteiger partial charge in [0.25, 0.3) is 0 Å². The summed E-state index contributed by atoms with van der Waals surface area (Å²) in [5.41, 5.74) is 5.71. The molecule has 1 aliphatic carbocycles. The molecule has 2 N–H and O–H groups in total. The van der Waals surface area contributed by atoms with Gasteiger partial charge in [0.15, 0.2) is 0 Å². The van der Waals surface area contributed by atoms with Crippen molar-refractivity contribution < 1.29 is 38.4 Å². The Hall–Kier alpha value is -4.27. The maximum Gasteiger partial charge on any atom is 0.333 e. The first kappa shape index (κ1) is 41.5. The van der Waals surface area contributed by atoms with Crippen molar-refractivity contribution in [3.8, 4) is 28.0 Å². The molecule has 0 atom stereocenters. The van der Waals surface area contributed by atoms with Crippen LogP contribution < -0.4 is 4.74 Å². The second-order valence-corrected chi connectivity index (χ2v) is 15.2. The van der Waals surface area contributed by atoms with Gasteiger partial charge in [-0.1, -0.05) is 76.2 Å². The Bertz CT molecular complexity index is 1660. The summed E-state index contributed by atoms with van der Waals surface area (Å²) >= 11 is 0. The standard InChI is InChI=1S/C45H57FO7/c1-30(2)43(49)52-22-7-9-37-25-39(26-38(10-8-23-53-44(50)31(3)4)42(37)51-24-21-45(6,28-47)29-48)40-20-19-36(27-41(40)46)35-17-15-34(16-18-35)33-13-11-32(5)12-14-33/h15-20,25-27,32-33,47-48H,1,3,7-14,21-24,28-29H2,2,4-6H3. The Balaban J connectivity index is 1.65. The van der Waals surface area contributed by atoms with E-state index in [1.54, 1.807) is 26.8 Å². The molecular formula is C45H57FO7. The fraction of sp³-hybridized carbons (Fsp3) is 0.467. The predicted octanol–water partition coefficient (Wildman–Crippen LogP) is 9.32. The van der Waals surface area contributed by atoms with Gasteiger partial charge < -0.3 is 24.4 Å². The van der Waals surface area contributed by atoms with Gasteiger partial charge >= 0.3 is 11.9 Å². The summed E-state index contributed by atoms with van der Waals surface area (Å²) in [5.74, 6) is 0.696. The number of aryl methyl sites for hydroxylation is 2. The summed E-state index contributed by atoms with van der Waals surface area (Å²) in [7, 11) is 0. The van der Waals surface area contributed by atoms with Crippen LogP contribution in [0.2, 0.25) is 0 Å². The van der Waals surface area contributed by atoms with E-state index in [0.29, 0.717) is 66.0 Å². The second kappa shape index (κ2) is 19.7. The number of esters is 2. The highest BCUT2D eigenvalue weighted by Gasteiger charge is 2.24. The van der Waals surface area contributed by atoms with Crippen LogP contribution in [0.3, 0.4) is 0 Å². The molecule has 8 heteroatoms. The van der Waals surface area contributed by atoms with Crippen molar-refractivity contribution in [1.29, 1.82) is 0 Å². The third kappa shape index (κ3) is 11.9. The van der Waals surface area contributed by atoms with Gasteiger partial charge in [-0.05, 0) is 122 Å². The van der Waals surface area contributed by atoms with Gasteiger partial charge in [-0.25, -0.2) is 14.0 Å². The Morgan fingerprint density at radius 2 is 1.30 bits per heavy atom. The van der Waals surface area contributed by atoms with Crippen LogP contribution in [0, 0.1) is 17.2 Å². The minimum absolute atomic E-state index is 0.163. The van der Waals surface area contributed by atoms with Gasteiger partial charge in [0.05, 0.1) is 33.0 Å². The molecule has 1 aliphatic rings. The summed E-state index contributed by atoms with van der Waals surface area (Å²) < 4.78 is 33.2. The minimum Gasteiger partial charge on any atom is -0.493 e. The lowest BCUT2D eigenvalue weighted by Gasteiger charge is -2.26. The van der Waals surface area contributed by atoms with Gasteiger partial charge in [-0.3, -0.25) is 0 Å². The van der Waals surface area contributed by atoms with Crippen LogP contribution in [0.25, 0.3) is 22.3 Å². The number of hydrogen-bond acceptors (Lipinski definition) is 7. The van der Waals surface area contributed by atoms with Crippen molar-refractivity contribution in [2.75, 3.05) is 33.0 Å². The van der Waals surface area contributed by atoms with Gasteiger partial charge in [0, 0.05) is 22.1 Å². The molecule has 0 spiro atoms. The highest BCUT2D eigenvalue weighted by atomic mass is 19.1. The molecule has 4 rings (SSSR count). The van der Waals surface area contributed by atoms with E-state index in [-0.39, 0.29) is 38.9 Å². The van der Waals surface area contributed by atoms with E-state index in [2.05, 4.69) is 44.3 Å². The number of rotatable bonds is 19. The normalized spacial score (nSPS) is 15.8. The first-order chi connectivity index (χ1) is 25.3. The largest absolute Gasteiger partial charge is 0.493 e. The van der Waals surface area contributed by atoms with Crippen LogP contribution >= 0.6 is 0 Å². The highest BCUT2D eigenvalue weighted by molar-refractivity contribution is 5.87. The smallest absolute Gasteiger partial charge is 0.333 e. The Morgan fingerprint density at radius 1 is 0.774 bits per heavy atom. The molecule has 3 aromatic rings. The zero-order chi connectivity index (χ0) is 38.5. The number of carbonyl (C=O) groups is 2. The molecule has 1 fully saturated rings. The number of ether oxygens (including phenoxy) is 3. The Labute approximate surface area is 314 Å². The number of halogens is 1. The van der Waals surface area contributed by atoms with E-state index in [9.17, 15) is 19.8 Å². The van der Waals surface area contributed by atoms with E-state index in [4.69, 9.17) is 14.2 Å². The molecule has 0 radical (unpaired) electrons. The van der Waals surface area contributed by atoms with Crippen molar-refractivity contribution >= 4 is 11.9 Å². The average molecular weight is 729 g/mol. The van der Waals surface area contributed by atoms with Crippen LogP contribution in [-0.2, 0) is 31.9 Å². The number of benzene rings is 3. The van der Waals surface area contributed by atoms with Crippen molar-refractivity contribution in [3.05, 3.63) is 101 Å². The van der Waals surface area contributed by atoms with Crippen LogP contribution in [-0.4, -0.2) is 55.2 Å². The van der Waals surface area contributed by atoms with Crippen molar-refractivity contribution in [1.82, 2.24) is 0 Å². The predicted molar refractivity (Wildman–Crippen MR) is 208 cm³/mol. The van der Waals surface area contributed by atoms with E-state index < -0.39 is 17.4 Å². The SMILES string of the molecule is C=C(C)C(=O)OCCCc1cc(-c2ccc(-c3ccc(C4CCC(C)CC4)cc3)cc2F)cc(CCCOC(=O)C(=C)C)c1OCCC(C)(CO)CO. The number of carbonyl (C=O) groups excluding carboxylic acids is 2. The summed E-state index contributed by atoms with van der Waals surface area (Å²) in [5, 5.41) is 19.7. The first-order valence-electron chi connectivity index (χ1n) is 18.9. The molecule has 0 heterocycles. The first-order valence-corrected chi connectivity index (χ1v) is 18.9. The molecule has 0 amide bonds. The highest BCUT2D eigenvalue weighted by Crippen LogP contribution is 2.38. The summed E-state index contributed by atoms with van der Waals surface area (Å²) in [4.78, 5) is 24.1. The maximum absolute atomic E-state index is 16.1. The molecule has 1 saturated carbocycles. The zero-order valence-corrected chi connectivity index (χ0v) is 32.0. The van der Waals surface area contributed by atoms with Crippen molar-refractivity contribution in [3.63, 3.8) is 0 Å². The number of hydrogen-bond donors (Lipinski definition) is 2. The molecule has 7 nitrogen and oxygen atoms in total. The lowest BCUT2D eigenvalue weighted by Crippen LogP contribution is -2.28. The van der Waals surface area contributed by atoms with E-state index in [1.165, 1.54) is 31.2 Å². The Kier molecular flexibility index (Phi) is 15.4. The molecule has 0 unspecified atom stereocenters. The summed E-state index contributed by atoms with van der Waals surface area (Å²) in [6.07, 6.45) is 7.22. The molecule has 0 aliphatic heterocycles. The number of aliphatic hydroxyl groups is 2. The van der Waals surface area contributed by atoms with E-state index >= 15 is 4.39 Å². The van der Waals surface area contributed by atoms with Gasteiger partial charge in [0.2, 0.25) is 0 Å². The van der Waals surface area contributed by atoms with E-state index in [0.717, 1.165) is 28.2 Å². The van der Waals surface area contributed by atoms with Gasteiger partial charge in [-0.15, -0.1) is 0 Å². The lowest BCUT2D eigenvalue weighted by atomic mass is 9.79. The molecule has 286 valence electrons. The molecular weight excluding hydrogens is 671 g/mol. The van der Waals surface area contributed by atoms with Crippen molar-refractivity contribution in [2.24, 2.45) is 11.3 Å². The number of aliphatic hydroxyl groups excluding tert-OH is 2. The van der Waals surface area contributed by atoms with Gasteiger partial charge in [0.1, 0.15) is 11.6 Å². The molecule has 3 aromatic carbocycles. The molecule has 0 bridgehead atoms. The summed E-state index contributed by atoms with van der Waals surface area (Å²) in [6, 6.07) is 17.7. The van der Waals surface area contributed by atoms with Crippen LogP contribution in [0.5, 0.6) is 5.75 Å². The van der Waals surface area contributed by atoms with Gasteiger partial charge in [-0.2, -0.15) is 0 Å². The van der Waals surface area contributed by atoms with Crippen LogP contribution in [0.15, 0.2) is 78.9 Å². The Morgan fingerprint density at radius 3 is 1.79 bits per heavy atom. The fourth-order valence-corrected chi connectivity index (χ4v) is 6.65. The third-order valence-corrected chi connectivity index (χ3v) is 10.3. The van der Waals surface area contributed by atoms with E-state index in [1.807, 2.05) is 24.3 Å².